The van der Waals surface area contributed by atoms with E-state index in [9.17, 15) is 10.1 Å². The Bertz CT molecular complexity index is 258. The van der Waals surface area contributed by atoms with Crippen LogP contribution in [0.3, 0.4) is 0 Å². The molecule has 5 nitrogen and oxygen atoms in total. The van der Waals surface area contributed by atoms with Gasteiger partial charge < -0.3 is 0 Å². The van der Waals surface area contributed by atoms with Crippen molar-refractivity contribution in [2.45, 2.75) is 0 Å². The third kappa shape index (κ3) is 2.53. The van der Waals surface area contributed by atoms with E-state index in [1.807, 2.05) is 0 Å². The lowest BCUT2D eigenvalue weighted by molar-refractivity contribution is -0.403. The van der Waals surface area contributed by atoms with Crippen molar-refractivity contribution in [1.29, 1.82) is 0 Å². The van der Waals surface area contributed by atoms with Gasteiger partial charge in [0.1, 0.15) is 0 Å². The Labute approximate surface area is 62.6 Å². The van der Waals surface area contributed by atoms with Crippen LogP contribution < -0.4 is 0 Å². The van der Waals surface area contributed by atoms with Crippen molar-refractivity contribution in [3.05, 3.63) is 34.3 Å². The fourth-order valence-electron chi connectivity index (χ4n) is 0.532. The molecular formula is C6H5N3O2. The van der Waals surface area contributed by atoms with E-state index in [0.717, 1.165) is 6.20 Å². The van der Waals surface area contributed by atoms with Gasteiger partial charge in [-0.2, -0.15) is 0 Å². The standard InChI is InChI=1S/C6H5N3O2/c10-9(11)5-6-7-3-1-2-4-8-6/h1-5H. The molecule has 0 aromatic carbocycles. The molecule has 0 atom stereocenters. The van der Waals surface area contributed by atoms with Crippen molar-refractivity contribution in [3.8, 4) is 0 Å². The van der Waals surface area contributed by atoms with E-state index in [4.69, 9.17) is 0 Å². The van der Waals surface area contributed by atoms with E-state index >= 15 is 0 Å². The number of allylic oxidation sites excluding steroid dienone is 2. The number of hydrogen-bond donors (Lipinski definition) is 0. The maximum Gasteiger partial charge on any atom is 0.278 e. The lowest BCUT2D eigenvalue weighted by Gasteiger charge is -1.83. The van der Waals surface area contributed by atoms with E-state index in [1.54, 1.807) is 12.2 Å². The summed E-state index contributed by atoms with van der Waals surface area (Å²) in [5, 5.41) is 9.94. The summed E-state index contributed by atoms with van der Waals surface area (Å²) in [6, 6.07) is 0. The van der Waals surface area contributed by atoms with Gasteiger partial charge in [0.15, 0.2) is 0 Å². The average molecular weight is 151 g/mol. The number of hydrogen-bond acceptors (Lipinski definition) is 4. The Balaban J connectivity index is 2.82. The van der Waals surface area contributed by atoms with E-state index in [0.29, 0.717) is 0 Å². The van der Waals surface area contributed by atoms with Gasteiger partial charge in [0.05, 0.1) is 4.92 Å². The Kier molecular flexibility index (Phi) is 2.27. The largest absolute Gasteiger partial charge is 0.278 e. The van der Waals surface area contributed by atoms with E-state index in [2.05, 4.69) is 9.98 Å². The summed E-state index contributed by atoms with van der Waals surface area (Å²) in [4.78, 5) is 16.7. The highest BCUT2D eigenvalue weighted by Crippen LogP contribution is 1.98. The van der Waals surface area contributed by atoms with Crippen LogP contribution in [-0.2, 0) is 0 Å². The van der Waals surface area contributed by atoms with Crippen LogP contribution in [0.5, 0.6) is 0 Å². The summed E-state index contributed by atoms with van der Waals surface area (Å²) in [7, 11) is 0. The molecule has 0 saturated heterocycles. The highest BCUT2D eigenvalue weighted by Gasteiger charge is 1.96. The number of rotatable bonds is 1. The Morgan fingerprint density at radius 2 is 1.91 bits per heavy atom. The van der Waals surface area contributed by atoms with Gasteiger partial charge in [0.25, 0.3) is 6.20 Å². The van der Waals surface area contributed by atoms with Crippen LogP contribution in [-0.4, -0.2) is 17.4 Å². The number of nitro groups is 1. The maximum atomic E-state index is 9.94. The smallest absolute Gasteiger partial charge is 0.259 e. The quantitative estimate of drug-likeness (QED) is 0.410. The van der Waals surface area contributed by atoms with Crippen LogP contribution in [0.25, 0.3) is 0 Å². The molecule has 5 heteroatoms. The third-order valence-corrected chi connectivity index (χ3v) is 0.918. The third-order valence-electron chi connectivity index (χ3n) is 0.918. The molecule has 0 bridgehead atoms. The molecule has 1 aliphatic rings. The summed E-state index contributed by atoms with van der Waals surface area (Å²) in [6.45, 7) is 0. The van der Waals surface area contributed by atoms with Crippen molar-refractivity contribution in [2.24, 2.45) is 9.98 Å². The molecule has 11 heavy (non-hydrogen) atoms. The van der Waals surface area contributed by atoms with Crippen LogP contribution in [0.2, 0.25) is 0 Å². The Morgan fingerprint density at radius 3 is 2.36 bits per heavy atom. The molecule has 56 valence electrons. The van der Waals surface area contributed by atoms with Crippen molar-refractivity contribution in [2.75, 3.05) is 0 Å². The molecule has 0 saturated carbocycles. The molecule has 0 N–H and O–H groups in total. The van der Waals surface area contributed by atoms with Gasteiger partial charge in [-0.15, -0.1) is 0 Å². The first-order valence-electron chi connectivity index (χ1n) is 2.88. The van der Waals surface area contributed by atoms with Crippen molar-refractivity contribution >= 4 is 12.4 Å². The first-order chi connectivity index (χ1) is 5.29. The van der Waals surface area contributed by atoms with Crippen molar-refractivity contribution in [1.82, 2.24) is 0 Å². The molecule has 0 amide bonds. The van der Waals surface area contributed by atoms with Crippen LogP contribution in [0, 0.1) is 10.1 Å². The molecule has 0 spiro atoms. The first kappa shape index (κ1) is 7.33. The van der Waals surface area contributed by atoms with Gasteiger partial charge in [-0.1, -0.05) is 0 Å². The van der Waals surface area contributed by atoms with Crippen molar-refractivity contribution < 1.29 is 4.92 Å². The lowest BCUT2D eigenvalue weighted by Crippen LogP contribution is -1.86. The highest BCUT2D eigenvalue weighted by atomic mass is 16.6. The lowest BCUT2D eigenvalue weighted by atomic mass is 10.5. The summed E-state index contributed by atoms with van der Waals surface area (Å²) < 4.78 is 0. The zero-order valence-electron chi connectivity index (χ0n) is 5.54. The Hall–Kier alpha value is -1.78. The zero-order chi connectivity index (χ0) is 8.10. The van der Waals surface area contributed by atoms with Crippen LogP contribution in [0.15, 0.2) is 34.2 Å². The van der Waals surface area contributed by atoms with Crippen LogP contribution in [0.1, 0.15) is 0 Å². The molecule has 0 radical (unpaired) electrons. The molecule has 0 aromatic rings. The minimum atomic E-state index is -0.588. The zero-order valence-corrected chi connectivity index (χ0v) is 5.54. The van der Waals surface area contributed by atoms with Gasteiger partial charge in [-0.25, -0.2) is 9.98 Å². The molecule has 1 heterocycles. The molecule has 1 rings (SSSR count). The van der Waals surface area contributed by atoms with Gasteiger partial charge >= 0.3 is 0 Å². The predicted octanol–water partition coefficient (Wildman–Crippen LogP) is 0.773. The summed E-state index contributed by atoms with van der Waals surface area (Å²) >= 11 is 0. The van der Waals surface area contributed by atoms with Gasteiger partial charge in [-0.05, 0) is 12.2 Å². The second-order valence-corrected chi connectivity index (χ2v) is 1.71. The minimum absolute atomic E-state index is 0.0972. The first-order valence-corrected chi connectivity index (χ1v) is 2.88. The van der Waals surface area contributed by atoms with E-state index in [-0.39, 0.29) is 5.82 Å². The summed E-state index contributed by atoms with van der Waals surface area (Å²) in [6.07, 6.45) is 6.93. The normalized spacial score (nSPS) is 14.7. The topological polar surface area (TPSA) is 67.9 Å². The van der Waals surface area contributed by atoms with Crippen LogP contribution in [0.4, 0.5) is 0 Å². The molecule has 0 aliphatic carbocycles. The highest BCUT2D eigenvalue weighted by molar-refractivity contribution is 5.84. The number of aliphatic imine (C=N–C) groups is 2. The van der Waals surface area contributed by atoms with Crippen molar-refractivity contribution in [3.63, 3.8) is 0 Å². The maximum absolute atomic E-state index is 9.94. The Morgan fingerprint density at radius 1 is 1.36 bits per heavy atom. The van der Waals surface area contributed by atoms with Gasteiger partial charge in [0, 0.05) is 12.4 Å². The minimum Gasteiger partial charge on any atom is -0.259 e. The van der Waals surface area contributed by atoms with Gasteiger partial charge in [0.2, 0.25) is 5.82 Å². The van der Waals surface area contributed by atoms with E-state index < -0.39 is 4.92 Å². The summed E-state index contributed by atoms with van der Waals surface area (Å²) in [5.74, 6) is 0.0972. The molecule has 0 unspecified atom stereocenters. The second-order valence-electron chi connectivity index (χ2n) is 1.71. The fourth-order valence-corrected chi connectivity index (χ4v) is 0.532. The monoisotopic (exact) mass is 151 g/mol. The van der Waals surface area contributed by atoms with Crippen LogP contribution >= 0.6 is 0 Å². The fraction of sp³-hybridized carbons (Fsp3) is 0. The van der Waals surface area contributed by atoms with E-state index in [1.165, 1.54) is 12.4 Å². The second kappa shape index (κ2) is 3.40. The molecule has 0 aromatic heterocycles. The average Bonchev–Trinajstić information content (AvgIpc) is 2.14. The molecule has 1 aliphatic heterocycles. The van der Waals surface area contributed by atoms with Gasteiger partial charge in [-0.3, -0.25) is 10.1 Å². The number of nitrogens with zero attached hydrogens (tertiary/aromatic N) is 3. The molecular weight excluding hydrogens is 146 g/mol. The summed E-state index contributed by atoms with van der Waals surface area (Å²) in [5.41, 5.74) is 0. The molecule has 0 fully saturated rings. The predicted molar refractivity (Wildman–Crippen MR) is 41.2 cm³/mol. The SMILES string of the molecule is O=[N+]([O-])C=C1N=CC=CC=N1.